The van der Waals surface area contributed by atoms with Gasteiger partial charge in [-0.2, -0.15) is 0 Å². The number of nitrogens with one attached hydrogen (secondary N) is 2. The maximum absolute atomic E-state index is 11.6. The van der Waals surface area contributed by atoms with Crippen molar-refractivity contribution in [3.05, 3.63) is 30.2 Å². The zero-order valence-electron chi connectivity index (χ0n) is 10.4. The maximum Gasteiger partial charge on any atom is 0.320 e. The minimum Gasteiger partial charge on any atom is -0.338 e. The van der Waals surface area contributed by atoms with Crippen LogP contribution in [-0.4, -0.2) is 22.5 Å². The Bertz CT molecular complexity index is 416. The van der Waals surface area contributed by atoms with Gasteiger partial charge in [0.1, 0.15) is 12.1 Å². The average molecular weight is 246 g/mol. The number of amides is 2. The number of allylic oxidation sites excluding steroid dienone is 1. The van der Waals surface area contributed by atoms with Crippen LogP contribution in [0.4, 0.5) is 10.6 Å². The number of rotatable bonds is 4. The second kappa shape index (κ2) is 6.74. The van der Waals surface area contributed by atoms with Crippen molar-refractivity contribution in [2.75, 3.05) is 11.9 Å². The van der Waals surface area contributed by atoms with Gasteiger partial charge in [-0.05, 0) is 38.2 Å². The van der Waals surface area contributed by atoms with Gasteiger partial charge < -0.3 is 5.32 Å². The van der Waals surface area contributed by atoms with Crippen LogP contribution < -0.4 is 10.6 Å². The largest absolute Gasteiger partial charge is 0.338 e. The lowest BCUT2D eigenvalue weighted by Crippen LogP contribution is -2.30. The van der Waals surface area contributed by atoms with Crippen molar-refractivity contribution in [2.24, 2.45) is 0 Å². The lowest BCUT2D eigenvalue weighted by atomic mass is 9.97. The van der Waals surface area contributed by atoms with Gasteiger partial charge in [-0.25, -0.2) is 14.8 Å². The first-order chi connectivity index (χ1) is 8.84. The van der Waals surface area contributed by atoms with Crippen molar-refractivity contribution in [3.8, 4) is 0 Å². The zero-order valence-corrected chi connectivity index (χ0v) is 10.4. The first kappa shape index (κ1) is 12.5. The van der Waals surface area contributed by atoms with E-state index in [1.165, 1.54) is 37.6 Å². The van der Waals surface area contributed by atoms with Gasteiger partial charge in [0.2, 0.25) is 0 Å². The fourth-order valence-corrected chi connectivity index (χ4v) is 1.99. The fraction of sp³-hybridized carbons (Fsp3) is 0.462. The molecule has 18 heavy (non-hydrogen) atoms. The van der Waals surface area contributed by atoms with Crippen LogP contribution in [0.25, 0.3) is 0 Å². The molecule has 0 aliphatic heterocycles. The number of nitrogens with zero attached hydrogens (tertiary/aromatic N) is 2. The summed E-state index contributed by atoms with van der Waals surface area (Å²) in [5, 5.41) is 5.49. The van der Waals surface area contributed by atoms with Crippen molar-refractivity contribution in [1.82, 2.24) is 15.3 Å². The van der Waals surface area contributed by atoms with E-state index in [0.717, 1.165) is 6.42 Å². The Kier molecular flexibility index (Phi) is 4.69. The first-order valence-corrected chi connectivity index (χ1v) is 6.33. The summed E-state index contributed by atoms with van der Waals surface area (Å²) >= 11 is 0. The molecule has 0 saturated heterocycles. The molecule has 0 bridgehead atoms. The van der Waals surface area contributed by atoms with E-state index in [9.17, 15) is 4.79 Å². The third kappa shape index (κ3) is 4.16. The van der Waals surface area contributed by atoms with E-state index in [1.54, 1.807) is 12.3 Å². The Morgan fingerprint density at radius 3 is 3.06 bits per heavy atom. The molecule has 1 aromatic rings. The smallest absolute Gasteiger partial charge is 0.320 e. The highest BCUT2D eigenvalue weighted by atomic mass is 16.2. The molecule has 2 N–H and O–H groups in total. The third-order valence-electron chi connectivity index (χ3n) is 2.94. The molecule has 5 heteroatoms. The molecule has 0 spiro atoms. The molecular formula is C13H18N4O. The Labute approximate surface area is 107 Å². The molecule has 96 valence electrons. The summed E-state index contributed by atoms with van der Waals surface area (Å²) in [5.41, 5.74) is 1.46. The summed E-state index contributed by atoms with van der Waals surface area (Å²) in [6.07, 6.45) is 11.2. The minimum absolute atomic E-state index is 0.217. The van der Waals surface area contributed by atoms with Crippen LogP contribution in [0.1, 0.15) is 32.1 Å². The molecule has 5 nitrogen and oxygen atoms in total. The normalized spacial score (nSPS) is 14.8. The second-order valence-corrected chi connectivity index (χ2v) is 4.33. The molecule has 0 fully saturated rings. The number of carbonyl (C=O) groups is 1. The molecule has 0 aromatic carbocycles. The molecule has 0 unspecified atom stereocenters. The summed E-state index contributed by atoms with van der Waals surface area (Å²) < 4.78 is 0. The summed E-state index contributed by atoms with van der Waals surface area (Å²) in [4.78, 5) is 19.3. The van der Waals surface area contributed by atoms with Gasteiger partial charge in [0.05, 0.1) is 0 Å². The predicted octanol–water partition coefficient (Wildman–Crippen LogP) is 2.49. The number of hydrogen-bond acceptors (Lipinski definition) is 3. The van der Waals surface area contributed by atoms with Gasteiger partial charge in [-0.1, -0.05) is 11.6 Å². The lowest BCUT2D eigenvalue weighted by molar-refractivity contribution is 0.252. The Morgan fingerprint density at radius 1 is 1.39 bits per heavy atom. The van der Waals surface area contributed by atoms with E-state index < -0.39 is 0 Å². The summed E-state index contributed by atoms with van der Waals surface area (Å²) in [7, 11) is 0. The van der Waals surface area contributed by atoms with E-state index in [0.29, 0.717) is 12.4 Å². The van der Waals surface area contributed by atoms with Crippen molar-refractivity contribution in [3.63, 3.8) is 0 Å². The van der Waals surface area contributed by atoms with Gasteiger partial charge in [0.25, 0.3) is 0 Å². The van der Waals surface area contributed by atoms with Crippen LogP contribution in [0, 0.1) is 0 Å². The number of anilines is 1. The van der Waals surface area contributed by atoms with Crippen LogP contribution >= 0.6 is 0 Å². The molecule has 1 aromatic heterocycles. The molecule has 2 amide bonds. The van der Waals surface area contributed by atoms with Gasteiger partial charge in [-0.3, -0.25) is 5.32 Å². The monoisotopic (exact) mass is 246 g/mol. The highest BCUT2D eigenvalue weighted by Crippen LogP contribution is 2.19. The maximum atomic E-state index is 11.6. The fourth-order valence-electron chi connectivity index (χ4n) is 1.99. The minimum atomic E-state index is -0.217. The SMILES string of the molecule is O=C(NCCC1=CCCCC1)Nc1ccncn1. The Hall–Kier alpha value is -1.91. The van der Waals surface area contributed by atoms with Crippen LogP contribution in [0.5, 0.6) is 0 Å². The van der Waals surface area contributed by atoms with Crippen LogP contribution in [0.2, 0.25) is 0 Å². The summed E-state index contributed by atoms with van der Waals surface area (Å²) in [6, 6.07) is 1.44. The topological polar surface area (TPSA) is 66.9 Å². The predicted molar refractivity (Wildman–Crippen MR) is 70.2 cm³/mol. The van der Waals surface area contributed by atoms with E-state index in [-0.39, 0.29) is 6.03 Å². The van der Waals surface area contributed by atoms with Crippen molar-refractivity contribution >= 4 is 11.8 Å². The van der Waals surface area contributed by atoms with Gasteiger partial charge >= 0.3 is 6.03 Å². The van der Waals surface area contributed by atoms with Crippen molar-refractivity contribution in [2.45, 2.75) is 32.1 Å². The number of aromatic nitrogens is 2. The molecule has 1 heterocycles. The quantitative estimate of drug-likeness (QED) is 0.802. The van der Waals surface area contributed by atoms with E-state index >= 15 is 0 Å². The summed E-state index contributed by atoms with van der Waals surface area (Å²) in [6.45, 7) is 0.669. The van der Waals surface area contributed by atoms with E-state index in [1.807, 2.05) is 0 Å². The van der Waals surface area contributed by atoms with Gasteiger partial charge in [-0.15, -0.1) is 0 Å². The molecular weight excluding hydrogens is 228 g/mol. The second-order valence-electron chi connectivity index (χ2n) is 4.33. The number of urea groups is 1. The standard InChI is InChI=1S/C13H18N4O/c18-13(17-12-7-8-14-10-16-12)15-9-6-11-4-2-1-3-5-11/h4,7-8,10H,1-3,5-6,9H2,(H2,14,15,16,17,18). The highest BCUT2D eigenvalue weighted by Gasteiger charge is 2.05. The molecule has 1 aliphatic carbocycles. The zero-order chi connectivity index (χ0) is 12.6. The molecule has 0 radical (unpaired) electrons. The number of carbonyl (C=O) groups excluding carboxylic acids is 1. The molecule has 2 rings (SSSR count). The van der Waals surface area contributed by atoms with Gasteiger partial charge in [0.15, 0.2) is 0 Å². The molecule has 0 saturated carbocycles. The average Bonchev–Trinajstić information content (AvgIpc) is 2.41. The molecule has 1 aliphatic rings. The molecule has 0 atom stereocenters. The first-order valence-electron chi connectivity index (χ1n) is 6.33. The highest BCUT2D eigenvalue weighted by molar-refractivity contribution is 5.88. The van der Waals surface area contributed by atoms with Gasteiger partial charge in [0, 0.05) is 12.7 Å². The third-order valence-corrected chi connectivity index (χ3v) is 2.94. The lowest BCUT2D eigenvalue weighted by Gasteiger charge is -2.13. The van der Waals surface area contributed by atoms with E-state index in [2.05, 4.69) is 26.7 Å². The van der Waals surface area contributed by atoms with Crippen LogP contribution in [0.3, 0.4) is 0 Å². The van der Waals surface area contributed by atoms with Crippen molar-refractivity contribution in [1.29, 1.82) is 0 Å². The summed E-state index contributed by atoms with van der Waals surface area (Å²) in [5.74, 6) is 0.513. The van der Waals surface area contributed by atoms with Crippen molar-refractivity contribution < 1.29 is 4.79 Å². The van der Waals surface area contributed by atoms with Crippen LogP contribution in [-0.2, 0) is 0 Å². The Balaban J connectivity index is 1.67. The van der Waals surface area contributed by atoms with Crippen LogP contribution in [0.15, 0.2) is 30.2 Å². The number of hydrogen-bond donors (Lipinski definition) is 2. The van der Waals surface area contributed by atoms with E-state index in [4.69, 9.17) is 0 Å². The Morgan fingerprint density at radius 2 is 2.33 bits per heavy atom.